The van der Waals surface area contributed by atoms with Crippen LogP contribution in [0, 0.1) is 0 Å². The van der Waals surface area contributed by atoms with Crippen LogP contribution in [0.5, 0.6) is 0 Å². The highest BCUT2D eigenvalue weighted by Gasteiger charge is 2.20. The van der Waals surface area contributed by atoms with Gasteiger partial charge in [0.05, 0.1) is 18.0 Å². The summed E-state index contributed by atoms with van der Waals surface area (Å²) in [6, 6.07) is 14.7. The van der Waals surface area contributed by atoms with Crippen LogP contribution in [0.25, 0.3) is 10.2 Å². The van der Waals surface area contributed by atoms with E-state index in [0.717, 1.165) is 23.1 Å². The third-order valence-electron chi connectivity index (χ3n) is 5.31. The maximum atomic E-state index is 12.8. The third-order valence-corrected chi connectivity index (χ3v) is 7.43. The lowest BCUT2D eigenvalue weighted by atomic mass is 9.97. The lowest BCUT2D eigenvalue weighted by molar-refractivity contribution is 0.594. The molecule has 0 saturated carbocycles. The van der Waals surface area contributed by atoms with E-state index in [0.29, 0.717) is 12.4 Å². The van der Waals surface area contributed by atoms with E-state index >= 15 is 0 Å². The van der Waals surface area contributed by atoms with Gasteiger partial charge in [0.15, 0.2) is 0 Å². The van der Waals surface area contributed by atoms with E-state index in [1.54, 1.807) is 22.7 Å². The largest absolute Gasteiger partial charge is 0.309 e. The lowest BCUT2D eigenvalue weighted by Crippen LogP contribution is -2.24. The summed E-state index contributed by atoms with van der Waals surface area (Å²) >= 11 is 3.43. The predicted molar refractivity (Wildman–Crippen MR) is 116 cm³/mol. The van der Waals surface area contributed by atoms with Crippen LogP contribution >= 0.6 is 22.7 Å². The van der Waals surface area contributed by atoms with E-state index in [1.165, 1.54) is 33.7 Å². The van der Waals surface area contributed by atoms with Crippen molar-refractivity contribution in [2.45, 2.75) is 38.3 Å². The summed E-state index contributed by atoms with van der Waals surface area (Å²) in [4.78, 5) is 24.1. The topological polar surface area (TPSA) is 57.8 Å². The summed E-state index contributed by atoms with van der Waals surface area (Å²) in [5.74, 6) is 0.702. The minimum absolute atomic E-state index is 0.00795. The van der Waals surface area contributed by atoms with E-state index in [1.807, 2.05) is 6.07 Å². The maximum Gasteiger partial charge on any atom is 0.259 e. The van der Waals surface area contributed by atoms with Crippen molar-refractivity contribution in [1.82, 2.24) is 15.3 Å². The first-order valence-corrected chi connectivity index (χ1v) is 11.3. The Balaban J connectivity index is 1.45. The molecule has 6 heteroatoms. The zero-order chi connectivity index (χ0) is 18.9. The molecule has 1 aromatic carbocycles. The zero-order valence-corrected chi connectivity index (χ0v) is 17.0. The van der Waals surface area contributed by atoms with E-state index in [4.69, 9.17) is 4.98 Å². The second-order valence-electron chi connectivity index (χ2n) is 7.14. The second kappa shape index (κ2) is 7.62. The Labute approximate surface area is 171 Å². The van der Waals surface area contributed by atoms with Crippen LogP contribution in [0.4, 0.5) is 0 Å². The van der Waals surface area contributed by atoms with Crippen molar-refractivity contribution < 1.29 is 0 Å². The fraction of sp³-hybridized carbons (Fsp3) is 0.273. The monoisotopic (exact) mass is 407 g/mol. The molecule has 4 aromatic rings. The van der Waals surface area contributed by atoms with Crippen molar-refractivity contribution in [1.29, 1.82) is 0 Å². The number of hydrogen-bond donors (Lipinski definition) is 2. The number of thiophene rings is 2. The second-order valence-corrected chi connectivity index (χ2v) is 9.21. The molecule has 3 heterocycles. The Bertz CT molecular complexity index is 1150. The molecule has 0 spiro atoms. The Morgan fingerprint density at radius 3 is 2.79 bits per heavy atom. The molecule has 0 amide bonds. The van der Waals surface area contributed by atoms with Crippen molar-refractivity contribution in [3.05, 3.63) is 84.9 Å². The van der Waals surface area contributed by atoms with Crippen LogP contribution < -0.4 is 10.9 Å². The van der Waals surface area contributed by atoms with Crippen LogP contribution in [0.2, 0.25) is 0 Å². The van der Waals surface area contributed by atoms with Gasteiger partial charge in [0.1, 0.15) is 10.7 Å². The number of nitrogens with one attached hydrogen (secondary N) is 2. The number of aromatic amines is 1. The summed E-state index contributed by atoms with van der Waals surface area (Å²) < 4.78 is 0. The summed E-state index contributed by atoms with van der Waals surface area (Å²) in [7, 11) is 0. The maximum absolute atomic E-state index is 12.8. The number of fused-ring (bicyclic) bond motifs is 3. The number of rotatable bonds is 5. The summed E-state index contributed by atoms with van der Waals surface area (Å²) in [6.07, 6.45) is 4.47. The first-order chi connectivity index (χ1) is 13.8. The van der Waals surface area contributed by atoms with Gasteiger partial charge < -0.3 is 4.98 Å². The average Bonchev–Trinajstić information content (AvgIpc) is 3.37. The van der Waals surface area contributed by atoms with Gasteiger partial charge in [-0.25, -0.2) is 4.98 Å². The lowest BCUT2D eigenvalue weighted by Gasteiger charge is -2.17. The van der Waals surface area contributed by atoms with Crippen LogP contribution in [0.1, 0.15) is 45.6 Å². The SMILES string of the molecule is O=c1[nH]c(CN[C@H](c2ccccc2)c2cccs2)nc2sc3c(c12)CCCC3. The molecule has 0 radical (unpaired) electrons. The van der Waals surface area contributed by atoms with Crippen LogP contribution in [0.15, 0.2) is 52.6 Å². The Hall–Kier alpha value is -2.28. The molecule has 0 aliphatic heterocycles. The molecule has 5 rings (SSSR count). The van der Waals surface area contributed by atoms with Gasteiger partial charge in [-0.15, -0.1) is 22.7 Å². The molecule has 2 N–H and O–H groups in total. The van der Waals surface area contributed by atoms with Crippen molar-refractivity contribution in [2.24, 2.45) is 0 Å². The van der Waals surface area contributed by atoms with Gasteiger partial charge in [0.25, 0.3) is 5.56 Å². The highest BCUT2D eigenvalue weighted by Crippen LogP contribution is 2.33. The van der Waals surface area contributed by atoms with Gasteiger partial charge >= 0.3 is 0 Å². The van der Waals surface area contributed by atoms with Crippen LogP contribution in [-0.2, 0) is 19.4 Å². The van der Waals surface area contributed by atoms with E-state index < -0.39 is 0 Å². The molecular weight excluding hydrogens is 386 g/mol. The normalized spacial score (nSPS) is 14.9. The van der Waals surface area contributed by atoms with Crippen molar-refractivity contribution in [2.75, 3.05) is 0 Å². The highest BCUT2D eigenvalue weighted by molar-refractivity contribution is 7.18. The standard InChI is InChI=1S/C22H21N3OS2/c26-21-19-15-9-4-5-10-16(15)28-22(19)25-18(24-21)13-23-20(17-11-6-12-27-17)14-7-2-1-3-8-14/h1-3,6-8,11-12,20,23H,4-5,9-10,13H2,(H,24,25,26)/t20-/m1/s1. The van der Waals surface area contributed by atoms with Crippen molar-refractivity contribution in [3.8, 4) is 0 Å². The average molecular weight is 408 g/mol. The number of aromatic nitrogens is 2. The smallest absolute Gasteiger partial charge is 0.259 e. The molecule has 0 unspecified atom stereocenters. The van der Waals surface area contributed by atoms with E-state index in [2.05, 4.69) is 52.1 Å². The third kappa shape index (κ3) is 3.32. The summed E-state index contributed by atoms with van der Waals surface area (Å²) in [6.45, 7) is 0.519. The summed E-state index contributed by atoms with van der Waals surface area (Å²) in [5.41, 5.74) is 2.45. The number of benzene rings is 1. The molecule has 1 atom stereocenters. The van der Waals surface area contributed by atoms with Gasteiger partial charge in [-0.05, 0) is 48.3 Å². The molecule has 1 aliphatic rings. The van der Waals surface area contributed by atoms with E-state index in [9.17, 15) is 4.79 Å². The molecule has 142 valence electrons. The number of nitrogens with zero attached hydrogens (tertiary/aromatic N) is 1. The molecule has 0 fully saturated rings. The number of aryl methyl sites for hydroxylation is 2. The van der Waals surface area contributed by atoms with Gasteiger partial charge in [-0.1, -0.05) is 36.4 Å². The summed E-state index contributed by atoms with van der Waals surface area (Å²) in [5, 5.41) is 6.50. The number of H-pyrrole nitrogens is 1. The molecule has 1 aliphatic carbocycles. The predicted octanol–water partition coefficient (Wildman–Crippen LogP) is 4.80. The van der Waals surface area contributed by atoms with Gasteiger partial charge in [0.2, 0.25) is 0 Å². The van der Waals surface area contributed by atoms with Crippen molar-refractivity contribution >= 4 is 32.9 Å². The first kappa shape index (κ1) is 17.8. The van der Waals surface area contributed by atoms with E-state index in [-0.39, 0.29) is 11.6 Å². The molecular formula is C22H21N3OS2. The molecule has 28 heavy (non-hydrogen) atoms. The fourth-order valence-electron chi connectivity index (χ4n) is 3.97. The van der Waals surface area contributed by atoms with Crippen LogP contribution in [-0.4, -0.2) is 9.97 Å². The van der Waals surface area contributed by atoms with Gasteiger partial charge in [0, 0.05) is 9.75 Å². The molecule has 3 aromatic heterocycles. The zero-order valence-electron chi connectivity index (χ0n) is 15.4. The first-order valence-electron chi connectivity index (χ1n) is 9.65. The van der Waals surface area contributed by atoms with Crippen LogP contribution in [0.3, 0.4) is 0 Å². The highest BCUT2D eigenvalue weighted by atomic mass is 32.1. The molecule has 4 nitrogen and oxygen atoms in total. The minimum atomic E-state index is 0.00795. The Morgan fingerprint density at radius 1 is 1.11 bits per heavy atom. The molecule has 0 bridgehead atoms. The number of hydrogen-bond acceptors (Lipinski definition) is 5. The van der Waals surface area contributed by atoms with Crippen molar-refractivity contribution in [3.63, 3.8) is 0 Å². The van der Waals surface area contributed by atoms with Gasteiger partial charge in [-0.2, -0.15) is 0 Å². The Kier molecular flexibility index (Phi) is 4.84. The fourth-order valence-corrected chi connectivity index (χ4v) is 6.08. The molecule has 0 saturated heterocycles. The minimum Gasteiger partial charge on any atom is -0.309 e. The van der Waals surface area contributed by atoms with Gasteiger partial charge in [-0.3, -0.25) is 10.1 Å². The Morgan fingerprint density at radius 2 is 1.96 bits per heavy atom. The quantitative estimate of drug-likeness (QED) is 0.499.